The summed E-state index contributed by atoms with van der Waals surface area (Å²) >= 11 is 0. The number of phenols is 2. The lowest BCUT2D eigenvalue weighted by molar-refractivity contribution is -0.386. The number of aliphatic hydroxyl groups excluding tert-OH is 1. The Morgan fingerprint density at radius 2 is 1.93 bits per heavy atom. The monoisotopic (exact) mass is 413 g/mol. The molecule has 1 aromatic heterocycles. The van der Waals surface area contributed by atoms with Crippen molar-refractivity contribution in [2.45, 2.75) is 0 Å². The van der Waals surface area contributed by atoms with Gasteiger partial charge in [0.25, 0.3) is 5.91 Å². The van der Waals surface area contributed by atoms with Crippen molar-refractivity contribution < 1.29 is 29.8 Å². The predicted octanol–water partition coefficient (Wildman–Crippen LogP) is 1.29. The largest absolute Gasteiger partial charge is 0.506 e. The van der Waals surface area contributed by atoms with Gasteiger partial charge in [0.2, 0.25) is 11.7 Å². The lowest BCUT2D eigenvalue weighted by Gasteiger charge is -2.17. The van der Waals surface area contributed by atoms with Crippen LogP contribution in [0.25, 0.3) is 5.76 Å². The minimum atomic E-state index is -1.05. The van der Waals surface area contributed by atoms with Crippen LogP contribution >= 0.6 is 0 Å². The minimum Gasteiger partial charge on any atom is -0.506 e. The number of nitrogens with zero attached hydrogens (tertiary/aromatic N) is 4. The molecule has 2 amide bonds. The Morgan fingerprint density at radius 3 is 2.50 bits per heavy atom. The van der Waals surface area contributed by atoms with Gasteiger partial charge in [0.1, 0.15) is 11.8 Å². The molecule has 0 aliphatic carbocycles. The molecular formula is C18H15N5O7. The van der Waals surface area contributed by atoms with Crippen LogP contribution in [0.1, 0.15) is 5.56 Å². The number of nitrogens with one attached hydrogen (secondary N) is 1. The Balaban J connectivity index is 2.28. The smallest absolute Gasteiger partial charge is 0.315 e. The molecule has 1 heterocycles. The molecule has 0 fully saturated rings. The number of hydrogen-bond donors (Lipinski definition) is 4. The number of aromatic hydroxyl groups is 2. The lowest BCUT2D eigenvalue weighted by Crippen LogP contribution is -2.35. The molecule has 4 N–H and O–H groups in total. The van der Waals surface area contributed by atoms with Crippen molar-refractivity contribution in [2.24, 2.45) is 0 Å². The maximum Gasteiger partial charge on any atom is 0.315 e. The van der Waals surface area contributed by atoms with Crippen molar-refractivity contribution >= 4 is 28.9 Å². The van der Waals surface area contributed by atoms with Crippen LogP contribution in [0.15, 0.2) is 42.2 Å². The number of nitro benzene ring substituents is 1. The van der Waals surface area contributed by atoms with Crippen LogP contribution in [0.3, 0.4) is 0 Å². The van der Waals surface area contributed by atoms with Crippen molar-refractivity contribution in [1.82, 2.24) is 9.88 Å². The van der Waals surface area contributed by atoms with Gasteiger partial charge in [-0.05, 0) is 18.2 Å². The van der Waals surface area contributed by atoms with Crippen LogP contribution in [0.5, 0.6) is 11.5 Å². The quantitative estimate of drug-likeness (QED) is 0.135. The summed E-state index contributed by atoms with van der Waals surface area (Å²) in [5.41, 5.74) is -1.78. The molecule has 0 bridgehead atoms. The van der Waals surface area contributed by atoms with Crippen LogP contribution in [0.4, 0.5) is 11.4 Å². The van der Waals surface area contributed by atoms with E-state index in [2.05, 4.69) is 10.3 Å². The molecular weight excluding hydrogens is 398 g/mol. The highest BCUT2D eigenvalue weighted by atomic mass is 16.6. The Kier molecular flexibility index (Phi) is 6.51. The molecule has 12 nitrogen and oxygen atoms in total. The average molecular weight is 413 g/mol. The van der Waals surface area contributed by atoms with Crippen molar-refractivity contribution in [3.05, 3.63) is 57.9 Å². The third-order valence-corrected chi connectivity index (χ3v) is 3.79. The summed E-state index contributed by atoms with van der Waals surface area (Å²) in [6.07, 6.45) is 2.90. The predicted molar refractivity (Wildman–Crippen MR) is 102 cm³/mol. The van der Waals surface area contributed by atoms with E-state index in [1.54, 1.807) is 0 Å². The molecule has 0 aliphatic rings. The number of rotatable bonds is 6. The SMILES string of the molecule is CN(CC(=O)Nc1ccncc1)C(=O)/C(C#N)=C(\O)c1cc(O)c(O)c([N+](=O)[O-])c1. The number of anilines is 1. The number of carbonyl (C=O) groups is 2. The number of nitriles is 1. The number of benzene rings is 1. The second kappa shape index (κ2) is 9.02. The first-order valence-corrected chi connectivity index (χ1v) is 8.15. The van der Waals surface area contributed by atoms with Crippen LogP contribution in [0.2, 0.25) is 0 Å². The molecule has 0 unspecified atom stereocenters. The van der Waals surface area contributed by atoms with E-state index in [1.165, 1.54) is 37.6 Å². The maximum absolute atomic E-state index is 12.5. The van der Waals surface area contributed by atoms with Gasteiger partial charge in [-0.15, -0.1) is 0 Å². The fourth-order valence-corrected chi connectivity index (χ4v) is 2.34. The second-order valence-corrected chi connectivity index (χ2v) is 5.90. The molecule has 0 aliphatic heterocycles. The zero-order valence-electron chi connectivity index (χ0n) is 15.4. The highest BCUT2D eigenvalue weighted by molar-refractivity contribution is 6.05. The molecule has 154 valence electrons. The van der Waals surface area contributed by atoms with Crippen molar-refractivity contribution in [3.63, 3.8) is 0 Å². The highest BCUT2D eigenvalue weighted by Crippen LogP contribution is 2.38. The number of aliphatic hydroxyl groups is 1. The summed E-state index contributed by atoms with van der Waals surface area (Å²) in [5, 5.41) is 52.1. The number of likely N-dealkylation sites (N-methyl/N-ethyl adjacent to an activating group) is 1. The fraction of sp³-hybridized carbons (Fsp3) is 0.111. The summed E-state index contributed by atoms with van der Waals surface area (Å²) in [5.74, 6) is -4.57. The summed E-state index contributed by atoms with van der Waals surface area (Å²) in [6.45, 7) is -0.472. The summed E-state index contributed by atoms with van der Waals surface area (Å²) in [7, 11) is 1.20. The van der Waals surface area contributed by atoms with Gasteiger partial charge in [-0.3, -0.25) is 24.7 Å². The Labute approximate surface area is 169 Å². The van der Waals surface area contributed by atoms with Crippen molar-refractivity contribution in [2.75, 3.05) is 18.9 Å². The van der Waals surface area contributed by atoms with E-state index < -0.39 is 57.4 Å². The number of carbonyl (C=O) groups excluding carboxylic acids is 2. The summed E-state index contributed by atoms with van der Waals surface area (Å²) in [4.78, 5) is 39.1. The van der Waals surface area contributed by atoms with E-state index in [9.17, 15) is 40.3 Å². The first-order chi connectivity index (χ1) is 14.1. The van der Waals surface area contributed by atoms with Gasteiger partial charge in [0.15, 0.2) is 11.3 Å². The second-order valence-electron chi connectivity index (χ2n) is 5.90. The molecule has 12 heteroatoms. The van der Waals surface area contributed by atoms with Gasteiger partial charge in [0, 0.05) is 36.8 Å². The zero-order valence-corrected chi connectivity index (χ0v) is 15.4. The molecule has 0 atom stereocenters. The molecule has 0 spiro atoms. The third kappa shape index (κ3) is 4.78. The zero-order chi connectivity index (χ0) is 22.4. The molecule has 0 saturated carbocycles. The minimum absolute atomic E-state index is 0.432. The Hall–Kier alpha value is -4.66. The third-order valence-electron chi connectivity index (χ3n) is 3.79. The summed E-state index contributed by atoms with van der Waals surface area (Å²) in [6, 6.07) is 5.95. The number of hydrogen-bond acceptors (Lipinski definition) is 9. The van der Waals surface area contributed by atoms with E-state index in [1.807, 2.05) is 0 Å². The molecule has 2 aromatic rings. The number of nitro groups is 1. The Bertz CT molecular complexity index is 1080. The topological polar surface area (TPSA) is 190 Å². The number of aromatic nitrogens is 1. The van der Waals surface area contributed by atoms with Gasteiger partial charge in [-0.1, -0.05) is 0 Å². The molecule has 2 rings (SSSR count). The molecule has 0 saturated heterocycles. The van der Waals surface area contributed by atoms with Gasteiger partial charge in [0.05, 0.1) is 11.5 Å². The van der Waals surface area contributed by atoms with Gasteiger partial charge < -0.3 is 25.5 Å². The lowest BCUT2D eigenvalue weighted by atomic mass is 10.1. The maximum atomic E-state index is 12.5. The first kappa shape index (κ1) is 21.6. The van der Waals surface area contributed by atoms with E-state index in [-0.39, 0.29) is 0 Å². The van der Waals surface area contributed by atoms with E-state index in [0.717, 1.165) is 11.0 Å². The van der Waals surface area contributed by atoms with Gasteiger partial charge in [-0.2, -0.15) is 5.26 Å². The van der Waals surface area contributed by atoms with Gasteiger partial charge in [-0.25, -0.2) is 0 Å². The highest BCUT2D eigenvalue weighted by Gasteiger charge is 2.25. The summed E-state index contributed by atoms with van der Waals surface area (Å²) < 4.78 is 0. The van der Waals surface area contributed by atoms with Crippen LogP contribution in [-0.2, 0) is 9.59 Å². The van der Waals surface area contributed by atoms with Crippen LogP contribution in [-0.4, -0.2) is 55.5 Å². The number of phenolic OH excluding ortho intramolecular Hbond substituents is 2. The van der Waals surface area contributed by atoms with E-state index in [0.29, 0.717) is 11.8 Å². The van der Waals surface area contributed by atoms with Gasteiger partial charge >= 0.3 is 5.69 Å². The molecule has 1 aromatic carbocycles. The van der Waals surface area contributed by atoms with E-state index >= 15 is 0 Å². The fourth-order valence-electron chi connectivity index (χ4n) is 2.34. The normalized spacial score (nSPS) is 11.1. The van der Waals surface area contributed by atoms with Crippen LogP contribution < -0.4 is 5.32 Å². The number of amides is 2. The van der Waals surface area contributed by atoms with Crippen LogP contribution in [0, 0.1) is 21.4 Å². The number of pyridine rings is 1. The standard InChI is InChI=1S/C18H15N5O7/c1-22(9-15(25)21-11-2-4-20-5-3-11)18(28)12(8-19)16(26)10-6-13(23(29)30)17(27)14(24)7-10/h2-7,24,26-27H,9H2,1H3,(H,20,21,25)/b16-12-. The molecule has 0 radical (unpaired) electrons. The first-order valence-electron chi connectivity index (χ1n) is 8.15. The average Bonchev–Trinajstić information content (AvgIpc) is 2.70. The van der Waals surface area contributed by atoms with Crippen molar-refractivity contribution in [1.29, 1.82) is 5.26 Å². The van der Waals surface area contributed by atoms with E-state index in [4.69, 9.17) is 0 Å². The molecule has 30 heavy (non-hydrogen) atoms. The Morgan fingerprint density at radius 1 is 1.30 bits per heavy atom. The van der Waals surface area contributed by atoms with Crippen molar-refractivity contribution in [3.8, 4) is 17.6 Å².